The van der Waals surface area contributed by atoms with Crippen LogP contribution in [0.25, 0.3) is 0 Å². The number of amides is 2. The second kappa shape index (κ2) is 21.9. The van der Waals surface area contributed by atoms with E-state index in [9.17, 15) is 24.0 Å². The molecule has 0 aliphatic rings. The number of carboxylic acids is 1. The molecule has 0 spiro atoms. The number of rotatable bonds is 22. The van der Waals surface area contributed by atoms with Crippen molar-refractivity contribution in [1.29, 1.82) is 0 Å². The van der Waals surface area contributed by atoms with Gasteiger partial charge in [0.2, 0.25) is 0 Å². The molecule has 0 bridgehead atoms. The fraction of sp³-hybridized carbons (Fsp3) is 0.857. The highest BCUT2D eigenvalue weighted by atomic mass is 16.6. The van der Waals surface area contributed by atoms with E-state index in [-0.39, 0.29) is 19.3 Å². The van der Waals surface area contributed by atoms with Crippen LogP contribution < -0.4 is 10.6 Å². The molecule has 268 valence electrons. The van der Waals surface area contributed by atoms with E-state index < -0.39 is 58.8 Å². The smallest absolute Gasteiger partial charge is 0.329 e. The van der Waals surface area contributed by atoms with Crippen molar-refractivity contribution in [3.05, 3.63) is 0 Å². The van der Waals surface area contributed by atoms with Crippen molar-refractivity contribution in [2.24, 2.45) is 0 Å². The first-order valence-electron chi connectivity index (χ1n) is 17.1. The zero-order valence-corrected chi connectivity index (χ0v) is 30.2. The van der Waals surface area contributed by atoms with Crippen molar-refractivity contribution in [3.63, 3.8) is 0 Å². The Morgan fingerprint density at radius 3 is 1.22 bits per heavy atom. The Kier molecular flexibility index (Phi) is 20.5. The van der Waals surface area contributed by atoms with Crippen molar-refractivity contribution in [3.8, 4) is 0 Å². The van der Waals surface area contributed by atoms with Crippen molar-refractivity contribution >= 4 is 29.9 Å². The summed E-state index contributed by atoms with van der Waals surface area (Å²) in [5.41, 5.74) is -2.22. The van der Waals surface area contributed by atoms with Gasteiger partial charge in [0.15, 0.2) is 0 Å². The van der Waals surface area contributed by atoms with E-state index in [2.05, 4.69) is 10.6 Å². The van der Waals surface area contributed by atoms with Gasteiger partial charge in [-0.15, -0.1) is 0 Å². The van der Waals surface area contributed by atoms with Crippen LogP contribution in [0.5, 0.6) is 0 Å². The van der Waals surface area contributed by atoms with E-state index in [0.717, 1.165) is 51.4 Å². The highest BCUT2D eigenvalue weighted by Gasteiger charge is 2.31. The van der Waals surface area contributed by atoms with E-state index in [1.165, 1.54) is 19.3 Å². The van der Waals surface area contributed by atoms with Gasteiger partial charge < -0.3 is 30.0 Å². The van der Waals surface area contributed by atoms with Gasteiger partial charge in [-0.1, -0.05) is 70.6 Å². The van der Waals surface area contributed by atoms with E-state index in [1.54, 1.807) is 62.3 Å². The first kappa shape index (κ1) is 43.1. The molecule has 0 aromatic carbocycles. The Morgan fingerprint density at radius 2 is 0.848 bits per heavy atom. The number of carbonyl (C=O) groups is 5. The number of aliphatic carboxylic acids is 1. The van der Waals surface area contributed by atoms with Gasteiger partial charge in [-0.05, 0) is 81.6 Å². The van der Waals surface area contributed by atoms with Crippen LogP contribution in [0.15, 0.2) is 0 Å². The van der Waals surface area contributed by atoms with Crippen molar-refractivity contribution in [1.82, 2.24) is 10.6 Å². The molecule has 11 nitrogen and oxygen atoms in total. The molecule has 0 unspecified atom stereocenters. The highest BCUT2D eigenvalue weighted by Crippen LogP contribution is 2.17. The number of unbranched alkanes of at least 4 members (excludes halogenated alkanes) is 11. The van der Waals surface area contributed by atoms with Crippen LogP contribution in [0.2, 0.25) is 0 Å². The molecule has 11 heteroatoms. The van der Waals surface area contributed by atoms with Gasteiger partial charge in [-0.25, -0.2) is 14.4 Å². The molecule has 2 atom stereocenters. The monoisotopic (exact) mass is 656 g/mol. The Morgan fingerprint density at radius 1 is 0.500 bits per heavy atom. The van der Waals surface area contributed by atoms with E-state index >= 15 is 0 Å². The predicted molar refractivity (Wildman–Crippen MR) is 178 cm³/mol. The Labute approximate surface area is 277 Å². The average molecular weight is 657 g/mol. The maximum absolute atomic E-state index is 13.1. The topological polar surface area (TPSA) is 157 Å². The summed E-state index contributed by atoms with van der Waals surface area (Å²) in [5.74, 6) is -2.46. The largest absolute Gasteiger partial charge is 0.481 e. The number of hydrogen-bond acceptors (Lipinski definition) is 8. The van der Waals surface area contributed by atoms with Crippen LogP contribution in [0.1, 0.15) is 165 Å². The number of urea groups is 1. The fourth-order valence-electron chi connectivity index (χ4n) is 4.65. The number of carboxylic acid groups (broad SMARTS) is 1. The molecule has 0 rings (SSSR count). The molecule has 0 aliphatic heterocycles. The second-order valence-electron chi connectivity index (χ2n) is 15.1. The molecular formula is C35H64N2O9. The standard InChI is InChI=1S/C35H64N2O9/c1-33(2,3)44-29(40)25-24-27(31(42)46-35(7,8)9)37-32(43)36-26(30(41)45-34(4,5)6)22-20-18-16-14-12-10-11-13-15-17-19-21-23-28(38)39/h26-27H,10-25H2,1-9H3,(H,38,39)(H2,36,37,43)/t26-,27-/m0/s1. The normalized spacial score (nSPS) is 13.3. The quantitative estimate of drug-likeness (QED) is 0.0614. The van der Waals surface area contributed by atoms with Gasteiger partial charge in [0.1, 0.15) is 28.9 Å². The van der Waals surface area contributed by atoms with Crippen molar-refractivity contribution in [2.45, 2.75) is 194 Å². The summed E-state index contributed by atoms with van der Waals surface area (Å²) in [6.45, 7) is 15.7. The van der Waals surface area contributed by atoms with Gasteiger partial charge in [-0.3, -0.25) is 9.59 Å². The van der Waals surface area contributed by atoms with Crippen LogP contribution in [-0.2, 0) is 33.4 Å². The number of hydrogen-bond donors (Lipinski definition) is 3. The van der Waals surface area contributed by atoms with Gasteiger partial charge >= 0.3 is 29.9 Å². The predicted octanol–water partition coefficient (Wildman–Crippen LogP) is 7.37. The van der Waals surface area contributed by atoms with Crippen LogP contribution in [0, 0.1) is 0 Å². The molecule has 0 heterocycles. The zero-order chi connectivity index (χ0) is 35.4. The van der Waals surface area contributed by atoms with E-state index in [0.29, 0.717) is 12.8 Å². The number of ether oxygens (including phenoxy) is 3. The molecule has 0 fully saturated rings. The minimum Gasteiger partial charge on any atom is -0.481 e. The highest BCUT2D eigenvalue weighted by molar-refractivity contribution is 5.87. The number of carbonyl (C=O) groups excluding carboxylic acids is 4. The zero-order valence-electron chi connectivity index (χ0n) is 30.2. The Balaban J connectivity index is 4.89. The van der Waals surface area contributed by atoms with Gasteiger partial charge in [-0.2, -0.15) is 0 Å². The molecule has 0 saturated carbocycles. The van der Waals surface area contributed by atoms with Gasteiger partial charge in [0, 0.05) is 12.8 Å². The average Bonchev–Trinajstić information content (AvgIpc) is 2.87. The third kappa shape index (κ3) is 26.4. The fourth-order valence-corrected chi connectivity index (χ4v) is 4.65. The SMILES string of the molecule is CC(C)(C)OC(=O)CC[C@H](NC(=O)N[C@@H](CCCCCCCCCCCCCCC(=O)O)C(=O)OC(C)(C)C)C(=O)OC(C)(C)C. The minimum absolute atomic E-state index is 0.0266. The number of nitrogens with one attached hydrogen (secondary N) is 2. The van der Waals surface area contributed by atoms with Crippen LogP contribution in [-0.4, -0.2) is 63.9 Å². The maximum atomic E-state index is 13.1. The number of esters is 3. The lowest BCUT2D eigenvalue weighted by Crippen LogP contribution is -2.53. The lowest BCUT2D eigenvalue weighted by molar-refractivity contribution is -0.159. The van der Waals surface area contributed by atoms with E-state index in [4.69, 9.17) is 19.3 Å². The first-order valence-corrected chi connectivity index (χ1v) is 17.1. The lowest BCUT2D eigenvalue weighted by Gasteiger charge is -2.27. The third-order valence-corrected chi connectivity index (χ3v) is 6.68. The minimum atomic E-state index is -1.12. The Hall–Kier alpha value is -2.85. The summed E-state index contributed by atoms with van der Waals surface area (Å²) in [5, 5.41) is 14.0. The van der Waals surface area contributed by atoms with Crippen molar-refractivity contribution < 1.29 is 43.3 Å². The molecule has 0 aliphatic carbocycles. The molecule has 0 saturated heterocycles. The summed E-state index contributed by atoms with van der Waals surface area (Å²) < 4.78 is 16.4. The Bertz CT molecular complexity index is 930. The summed E-state index contributed by atoms with van der Waals surface area (Å²) in [4.78, 5) is 61.8. The van der Waals surface area contributed by atoms with Crippen LogP contribution in [0.3, 0.4) is 0 Å². The molecule has 46 heavy (non-hydrogen) atoms. The molecule has 3 N–H and O–H groups in total. The summed E-state index contributed by atoms with van der Waals surface area (Å²) in [7, 11) is 0. The molecule has 2 amide bonds. The summed E-state index contributed by atoms with van der Waals surface area (Å²) in [6.07, 6.45) is 12.9. The third-order valence-electron chi connectivity index (χ3n) is 6.68. The molecular weight excluding hydrogens is 592 g/mol. The van der Waals surface area contributed by atoms with Crippen LogP contribution >= 0.6 is 0 Å². The second-order valence-corrected chi connectivity index (χ2v) is 15.1. The van der Waals surface area contributed by atoms with Gasteiger partial charge in [0.05, 0.1) is 0 Å². The summed E-state index contributed by atoms with van der Waals surface area (Å²) >= 11 is 0. The maximum Gasteiger partial charge on any atom is 0.329 e. The summed E-state index contributed by atoms with van der Waals surface area (Å²) in [6, 6.07) is -2.75. The molecule has 0 aromatic heterocycles. The molecule has 0 radical (unpaired) electrons. The molecule has 0 aromatic rings. The first-order chi connectivity index (χ1) is 21.2. The van der Waals surface area contributed by atoms with Crippen molar-refractivity contribution in [2.75, 3.05) is 0 Å². The van der Waals surface area contributed by atoms with Crippen LogP contribution in [0.4, 0.5) is 4.79 Å². The lowest BCUT2D eigenvalue weighted by atomic mass is 10.0. The van der Waals surface area contributed by atoms with Gasteiger partial charge in [0.25, 0.3) is 0 Å². The van der Waals surface area contributed by atoms with E-state index in [1.807, 2.05) is 0 Å².